The summed E-state index contributed by atoms with van der Waals surface area (Å²) >= 11 is 0. The average Bonchev–Trinajstić information content (AvgIpc) is 1.99. The van der Waals surface area contributed by atoms with E-state index >= 15 is 0 Å². The van der Waals surface area contributed by atoms with Crippen LogP contribution in [-0.2, 0) is 9.53 Å². The summed E-state index contributed by atoms with van der Waals surface area (Å²) in [5.41, 5.74) is 5.21. The van der Waals surface area contributed by atoms with E-state index in [2.05, 4.69) is 5.32 Å². The first kappa shape index (κ1) is 12.4. The minimum absolute atomic E-state index is 0.0142. The van der Waals surface area contributed by atoms with E-state index in [1.165, 1.54) is 0 Å². The molecular weight excluding hydrogens is 168 g/mol. The molecule has 0 heterocycles. The number of carbonyl (C=O) groups excluding carboxylic acids is 1. The first-order valence-corrected chi connectivity index (χ1v) is 4.52. The molecule has 0 unspecified atom stereocenters. The summed E-state index contributed by atoms with van der Waals surface area (Å²) in [5.74, 6) is 0.0142. The topological polar surface area (TPSA) is 64.3 Å². The van der Waals surface area contributed by atoms with Crippen molar-refractivity contribution in [2.75, 3.05) is 20.3 Å². The highest BCUT2D eigenvalue weighted by Gasteiger charge is 2.18. The number of nitrogens with one attached hydrogen (secondary N) is 1. The second kappa shape index (κ2) is 5.94. The van der Waals surface area contributed by atoms with Gasteiger partial charge in [-0.25, -0.2) is 0 Å². The fourth-order valence-corrected chi connectivity index (χ4v) is 1.06. The highest BCUT2D eigenvalue weighted by molar-refractivity contribution is 5.76. The smallest absolute Gasteiger partial charge is 0.222 e. The molecule has 0 saturated heterocycles. The van der Waals surface area contributed by atoms with Crippen LogP contribution in [0.15, 0.2) is 0 Å². The van der Waals surface area contributed by atoms with E-state index in [9.17, 15) is 4.79 Å². The van der Waals surface area contributed by atoms with E-state index in [4.69, 9.17) is 10.5 Å². The Hall–Kier alpha value is -0.610. The van der Waals surface area contributed by atoms with E-state index in [1.807, 2.05) is 13.8 Å². The zero-order valence-corrected chi connectivity index (χ0v) is 8.72. The molecule has 0 aliphatic rings. The minimum atomic E-state index is -0.209. The van der Waals surface area contributed by atoms with E-state index in [0.29, 0.717) is 19.6 Å². The van der Waals surface area contributed by atoms with Crippen molar-refractivity contribution >= 4 is 5.91 Å². The number of ether oxygens (including phenoxy) is 1. The summed E-state index contributed by atoms with van der Waals surface area (Å²) < 4.78 is 4.80. The van der Waals surface area contributed by atoms with E-state index in [1.54, 1.807) is 7.11 Å². The number of rotatable bonds is 6. The summed E-state index contributed by atoms with van der Waals surface area (Å²) in [6.07, 6.45) is 1.19. The van der Waals surface area contributed by atoms with Gasteiger partial charge in [0.25, 0.3) is 0 Å². The molecule has 0 aromatic heterocycles. The van der Waals surface area contributed by atoms with Crippen molar-refractivity contribution in [2.24, 2.45) is 5.73 Å². The molecule has 0 saturated carbocycles. The highest BCUT2D eigenvalue weighted by Crippen LogP contribution is 2.06. The molecule has 78 valence electrons. The maximum atomic E-state index is 11.3. The molecule has 1 amide bonds. The van der Waals surface area contributed by atoms with Crippen molar-refractivity contribution in [3.8, 4) is 0 Å². The van der Waals surface area contributed by atoms with Gasteiger partial charge >= 0.3 is 0 Å². The zero-order valence-electron chi connectivity index (χ0n) is 8.72. The fraction of sp³-hybridized carbons (Fsp3) is 0.889. The molecule has 0 fully saturated rings. The lowest BCUT2D eigenvalue weighted by Gasteiger charge is -2.25. The van der Waals surface area contributed by atoms with Crippen molar-refractivity contribution in [1.82, 2.24) is 5.32 Å². The summed E-state index contributed by atoms with van der Waals surface area (Å²) in [6.45, 7) is 4.97. The van der Waals surface area contributed by atoms with E-state index < -0.39 is 0 Å². The highest BCUT2D eigenvalue weighted by atomic mass is 16.5. The number of amides is 1. The third-order valence-corrected chi connectivity index (χ3v) is 1.78. The Morgan fingerprint density at radius 2 is 2.15 bits per heavy atom. The van der Waals surface area contributed by atoms with Crippen LogP contribution in [0, 0.1) is 0 Å². The molecule has 0 atom stereocenters. The quantitative estimate of drug-likeness (QED) is 0.628. The van der Waals surface area contributed by atoms with Crippen LogP contribution in [0.5, 0.6) is 0 Å². The van der Waals surface area contributed by atoms with Gasteiger partial charge < -0.3 is 15.8 Å². The van der Waals surface area contributed by atoms with E-state index in [-0.39, 0.29) is 11.4 Å². The third-order valence-electron chi connectivity index (χ3n) is 1.78. The Morgan fingerprint density at radius 3 is 2.62 bits per heavy atom. The fourth-order valence-electron chi connectivity index (χ4n) is 1.06. The van der Waals surface area contributed by atoms with Crippen LogP contribution in [0.25, 0.3) is 0 Å². The van der Waals surface area contributed by atoms with Gasteiger partial charge in [0.05, 0.1) is 6.61 Å². The van der Waals surface area contributed by atoms with Crippen LogP contribution >= 0.6 is 0 Å². The molecule has 0 spiro atoms. The summed E-state index contributed by atoms with van der Waals surface area (Å²) in [4.78, 5) is 11.3. The Bertz CT molecular complexity index is 158. The van der Waals surface area contributed by atoms with Crippen LogP contribution < -0.4 is 11.1 Å². The molecule has 0 bridgehead atoms. The first-order chi connectivity index (χ1) is 6.02. The second-order valence-corrected chi connectivity index (χ2v) is 3.71. The molecular formula is C9H20N2O2. The number of carbonyl (C=O) groups is 1. The zero-order chi connectivity index (χ0) is 10.3. The van der Waals surface area contributed by atoms with Crippen molar-refractivity contribution < 1.29 is 9.53 Å². The monoisotopic (exact) mass is 188 g/mol. The van der Waals surface area contributed by atoms with Gasteiger partial charge in [0.15, 0.2) is 0 Å². The Kier molecular flexibility index (Phi) is 5.66. The molecule has 13 heavy (non-hydrogen) atoms. The van der Waals surface area contributed by atoms with Gasteiger partial charge in [-0.1, -0.05) is 0 Å². The lowest BCUT2D eigenvalue weighted by atomic mass is 10.0. The largest absolute Gasteiger partial charge is 0.384 e. The Balaban J connectivity index is 3.75. The SMILES string of the molecule is COCCC(=O)NC(C)(C)CCN. The van der Waals surface area contributed by atoms with Crippen molar-refractivity contribution in [3.05, 3.63) is 0 Å². The second-order valence-electron chi connectivity index (χ2n) is 3.71. The van der Waals surface area contributed by atoms with Crippen LogP contribution in [0.1, 0.15) is 26.7 Å². The van der Waals surface area contributed by atoms with Crippen LogP contribution in [0.2, 0.25) is 0 Å². The van der Waals surface area contributed by atoms with Gasteiger partial charge in [-0.2, -0.15) is 0 Å². The Morgan fingerprint density at radius 1 is 1.54 bits per heavy atom. The molecule has 0 aliphatic carbocycles. The van der Waals surface area contributed by atoms with Gasteiger partial charge in [-0.05, 0) is 26.8 Å². The molecule has 4 heteroatoms. The maximum absolute atomic E-state index is 11.3. The third kappa shape index (κ3) is 6.54. The summed E-state index contributed by atoms with van der Waals surface area (Å²) in [5, 5.41) is 2.89. The summed E-state index contributed by atoms with van der Waals surface area (Å²) in [6, 6.07) is 0. The summed E-state index contributed by atoms with van der Waals surface area (Å²) in [7, 11) is 1.58. The molecule has 0 rings (SSSR count). The van der Waals surface area contributed by atoms with Crippen molar-refractivity contribution in [3.63, 3.8) is 0 Å². The average molecular weight is 188 g/mol. The van der Waals surface area contributed by atoms with Crippen molar-refractivity contribution in [1.29, 1.82) is 0 Å². The number of hydrogen-bond donors (Lipinski definition) is 2. The van der Waals surface area contributed by atoms with Gasteiger partial charge in [0.1, 0.15) is 0 Å². The standard InChI is InChI=1S/C9H20N2O2/c1-9(2,5-6-10)11-8(12)4-7-13-3/h4-7,10H2,1-3H3,(H,11,12). The molecule has 0 aromatic carbocycles. The number of nitrogens with two attached hydrogens (primary N) is 1. The van der Waals surface area contributed by atoms with Gasteiger partial charge in [0, 0.05) is 19.1 Å². The predicted octanol–water partition coefficient (Wildman–Crippen LogP) is 0.267. The van der Waals surface area contributed by atoms with E-state index in [0.717, 1.165) is 6.42 Å². The maximum Gasteiger partial charge on any atom is 0.222 e. The van der Waals surface area contributed by atoms with Gasteiger partial charge in [-0.3, -0.25) is 4.79 Å². The predicted molar refractivity (Wildman–Crippen MR) is 52.4 cm³/mol. The lowest BCUT2D eigenvalue weighted by molar-refractivity contribution is -0.123. The van der Waals surface area contributed by atoms with Crippen LogP contribution in [-0.4, -0.2) is 31.7 Å². The Labute approximate surface area is 79.8 Å². The lowest BCUT2D eigenvalue weighted by Crippen LogP contribution is -2.44. The molecule has 3 N–H and O–H groups in total. The number of methoxy groups -OCH3 is 1. The van der Waals surface area contributed by atoms with Gasteiger partial charge in [-0.15, -0.1) is 0 Å². The first-order valence-electron chi connectivity index (χ1n) is 4.52. The molecule has 0 radical (unpaired) electrons. The number of hydrogen-bond acceptors (Lipinski definition) is 3. The van der Waals surface area contributed by atoms with Crippen molar-refractivity contribution in [2.45, 2.75) is 32.2 Å². The molecule has 0 aliphatic heterocycles. The molecule has 0 aromatic rings. The van der Waals surface area contributed by atoms with Crippen LogP contribution in [0.3, 0.4) is 0 Å². The molecule has 4 nitrogen and oxygen atoms in total. The normalized spacial score (nSPS) is 11.4. The van der Waals surface area contributed by atoms with Crippen LogP contribution in [0.4, 0.5) is 0 Å². The minimum Gasteiger partial charge on any atom is -0.384 e. The van der Waals surface area contributed by atoms with Gasteiger partial charge in [0.2, 0.25) is 5.91 Å².